The molecule has 2 amide bonds. The monoisotopic (exact) mass is 862 g/mol. The van der Waals surface area contributed by atoms with E-state index in [0.717, 1.165) is 0 Å². The first kappa shape index (κ1) is 39.1. The normalized spacial score (nSPS) is 11.0. The largest absolute Gasteiger partial charge is 0.338 e. The van der Waals surface area contributed by atoms with Crippen LogP contribution in [0.25, 0.3) is 44.8 Å². The van der Waals surface area contributed by atoms with E-state index >= 15 is 0 Å². The van der Waals surface area contributed by atoms with Crippen molar-refractivity contribution >= 4 is 115 Å². The van der Waals surface area contributed by atoms with E-state index in [4.69, 9.17) is 69.6 Å². The number of H-pyrrole nitrogens is 2. The SMILES string of the molecule is Cc1cc(NC(=O)c2ccc3nc(-c4c(Cl)cccc4Cl)[nH]c3c2)ccc1F.O=C(Nc1ccc(Cl)c(Cl)c1)c1ccc2nc(-c3c(Cl)cccc3Cl)[nH]c2c1. The third-order valence-electron chi connectivity index (χ3n) is 8.48. The number of benzene rings is 6. The van der Waals surface area contributed by atoms with Gasteiger partial charge in [-0.2, -0.15) is 0 Å². The summed E-state index contributed by atoms with van der Waals surface area (Å²) >= 11 is 36.9. The molecule has 0 atom stereocenters. The Labute approximate surface area is 348 Å². The second-order valence-electron chi connectivity index (χ2n) is 12.3. The van der Waals surface area contributed by atoms with Crippen LogP contribution in [0.2, 0.25) is 30.1 Å². The molecule has 56 heavy (non-hydrogen) atoms. The number of carbonyl (C=O) groups excluding carboxylic acids is 2. The highest BCUT2D eigenvalue weighted by atomic mass is 35.5. The van der Waals surface area contributed by atoms with Crippen LogP contribution in [0.15, 0.2) is 109 Å². The number of fused-ring (bicyclic) bond motifs is 2. The second-order valence-corrected chi connectivity index (χ2v) is 14.8. The quantitative estimate of drug-likeness (QED) is 0.133. The van der Waals surface area contributed by atoms with E-state index in [1.54, 1.807) is 104 Å². The van der Waals surface area contributed by atoms with Crippen LogP contribution >= 0.6 is 69.6 Å². The Morgan fingerprint density at radius 1 is 0.536 bits per heavy atom. The molecule has 0 radical (unpaired) electrons. The van der Waals surface area contributed by atoms with E-state index in [9.17, 15) is 14.0 Å². The van der Waals surface area contributed by atoms with Gasteiger partial charge in [-0.3, -0.25) is 9.59 Å². The van der Waals surface area contributed by atoms with Crippen molar-refractivity contribution in [1.82, 2.24) is 19.9 Å². The molecule has 2 aromatic heterocycles. The first-order chi connectivity index (χ1) is 26.8. The molecule has 8 aromatic rings. The number of anilines is 2. The van der Waals surface area contributed by atoms with Gasteiger partial charge in [0.05, 0.1) is 63.3 Å². The molecule has 8 nitrogen and oxygen atoms in total. The van der Waals surface area contributed by atoms with Crippen LogP contribution in [0.3, 0.4) is 0 Å². The molecule has 0 bridgehead atoms. The molecular formula is C41H25Cl6FN6O2. The van der Waals surface area contributed by atoms with Gasteiger partial charge < -0.3 is 20.6 Å². The summed E-state index contributed by atoms with van der Waals surface area (Å²) in [5.41, 5.74) is 6.39. The lowest BCUT2D eigenvalue weighted by molar-refractivity contribution is 0.101. The van der Waals surface area contributed by atoms with Crippen LogP contribution in [0, 0.1) is 12.7 Å². The van der Waals surface area contributed by atoms with Gasteiger partial charge in [-0.1, -0.05) is 81.7 Å². The summed E-state index contributed by atoms with van der Waals surface area (Å²) in [5.74, 6) is 0.152. The van der Waals surface area contributed by atoms with Gasteiger partial charge >= 0.3 is 0 Å². The van der Waals surface area contributed by atoms with Crippen LogP contribution < -0.4 is 10.6 Å². The van der Waals surface area contributed by atoms with Crippen molar-refractivity contribution < 1.29 is 14.0 Å². The van der Waals surface area contributed by atoms with Gasteiger partial charge in [-0.25, -0.2) is 14.4 Å². The van der Waals surface area contributed by atoms with Crippen LogP contribution in [0.4, 0.5) is 15.8 Å². The van der Waals surface area contributed by atoms with Gasteiger partial charge in [0.1, 0.15) is 17.5 Å². The Bertz CT molecular complexity index is 2590. The minimum absolute atomic E-state index is 0.285. The van der Waals surface area contributed by atoms with Crippen molar-refractivity contribution in [1.29, 1.82) is 0 Å². The van der Waals surface area contributed by atoms with Crippen molar-refractivity contribution in [3.05, 3.63) is 162 Å². The van der Waals surface area contributed by atoms with E-state index in [0.29, 0.717) is 103 Å². The highest BCUT2D eigenvalue weighted by Gasteiger charge is 2.17. The Hall–Kier alpha value is -5.13. The van der Waals surface area contributed by atoms with E-state index in [1.807, 2.05) is 0 Å². The number of nitrogens with one attached hydrogen (secondary N) is 4. The average Bonchev–Trinajstić information content (AvgIpc) is 3.78. The third kappa shape index (κ3) is 8.49. The zero-order valence-electron chi connectivity index (χ0n) is 28.7. The Kier molecular flexibility index (Phi) is 11.6. The predicted octanol–water partition coefficient (Wildman–Crippen LogP) is 13.3. The molecule has 8 rings (SSSR count). The Balaban J connectivity index is 0.000000172. The molecule has 6 aromatic carbocycles. The lowest BCUT2D eigenvalue weighted by atomic mass is 10.1. The van der Waals surface area contributed by atoms with Crippen LogP contribution in [-0.4, -0.2) is 31.8 Å². The van der Waals surface area contributed by atoms with E-state index < -0.39 is 0 Å². The molecule has 0 saturated carbocycles. The molecular weight excluding hydrogens is 840 g/mol. The van der Waals surface area contributed by atoms with E-state index in [2.05, 4.69) is 30.6 Å². The summed E-state index contributed by atoms with van der Waals surface area (Å²) in [4.78, 5) is 40.5. The Morgan fingerprint density at radius 2 is 0.982 bits per heavy atom. The van der Waals surface area contributed by atoms with Crippen molar-refractivity contribution in [2.24, 2.45) is 0 Å². The lowest BCUT2D eigenvalue weighted by Gasteiger charge is -2.06. The summed E-state index contributed by atoms with van der Waals surface area (Å²) < 4.78 is 13.4. The molecule has 280 valence electrons. The van der Waals surface area contributed by atoms with Gasteiger partial charge in [0, 0.05) is 22.5 Å². The molecule has 0 fully saturated rings. The van der Waals surface area contributed by atoms with Crippen molar-refractivity contribution in [2.45, 2.75) is 6.92 Å². The number of nitrogens with zero attached hydrogens (tertiary/aromatic N) is 2. The fourth-order valence-corrected chi connectivity index (χ4v) is 7.14. The summed E-state index contributed by atoms with van der Waals surface area (Å²) in [7, 11) is 0. The fourth-order valence-electron chi connectivity index (χ4n) is 5.69. The average molecular weight is 865 g/mol. The fraction of sp³-hybridized carbons (Fsp3) is 0.0244. The number of aryl methyl sites for hydroxylation is 1. The molecule has 2 heterocycles. The molecule has 0 saturated heterocycles. The first-order valence-electron chi connectivity index (χ1n) is 16.6. The molecule has 15 heteroatoms. The maximum Gasteiger partial charge on any atom is 0.255 e. The number of hydrogen-bond donors (Lipinski definition) is 4. The maximum absolute atomic E-state index is 13.4. The van der Waals surface area contributed by atoms with Crippen molar-refractivity contribution in [3.8, 4) is 22.8 Å². The van der Waals surface area contributed by atoms with Gasteiger partial charge in [0.25, 0.3) is 11.8 Å². The number of halogens is 7. The lowest BCUT2D eigenvalue weighted by Crippen LogP contribution is -2.12. The number of carbonyl (C=O) groups is 2. The topological polar surface area (TPSA) is 116 Å². The summed E-state index contributed by atoms with van der Waals surface area (Å²) in [6, 6.07) is 30.1. The van der Waals surface area contributed by atoms with E-state index in [-0.39, 0.29) is 17.6 Å². The first-order valence-corrected chi connectivity index (χ1v) is 18.8. The van der Waals surface area contributed by atoms with Crippen molar-refractivity contribution in [2.75, 3.05) is 10.6 Å². The molecule has 0 aliphatic rings. The minimum Gasteiger partial charge on any atom is -0.338 e. The number of rotatable bonds is 6. The molecule has 0 aliphatic heterocycles. The maximum atomic E-state index is 13.4. The molecule has 0 aliphatic carbocycles. The zero-order chi connectivity index (χ0) is 39.7. The molecule has 4 N–H and O–H groups in total. The number of imidazole rings is 2. The molecule has 0 spiro atoms. The van der Waals surface area contributed by atoms with Gasteiger partial charge in [0.2, 0.25) is 0 Å². The molecule has 0 unspecified atom stereocenters. The minimum atomic E-state index is -0.317. The van der Waals surface area contributed by atoms with Crippen LogP contribution in [0.5, 0.6) is 0 Å². The highest BCUT2D eigenvalue weighted by Crippen LogP contribution is 2.35. The number of hydrogen-bond acceptors (Lipinski definition) is 4. The van der Waals surface area contributed by atoms with E-state index in [1.165, 1.54) is 12.1 Å². The number of amides is 2. The highest BCUT2D eigenvalue weighted by molar-refractivity contribution is 6.42. The third-order valence-corrected chi connectivity index (χ3v) is 10.5. The summed E-state index contributed by atoms with van der Waals surface area (Å²) in [6.45, 7) is 1.64. The van der Waals surface area contributed by atoms with Gasteiger partial charge in [0.15, 0.2) is 0 Å². The Morgan fingerprint density at radius 3 is 1.43 bits per heavy atom. The van der Waals surface area contributed by atoms with Crippen molar-refractivity contribution in [3.63, 3.8) is 0 Å². The summed E-state index contributed by atoms with van der Waals surface area (Å²) in [5, 5.41) is 8.29. The predicted molar refractivity (Wildman–Crippen MR) is 227 cm³/mol. The second kappa shape index (κ2) is 16.5. The zero-order valence-corrected chi connectivity index (χ0v) is 33.3. The van der Waals surface area contributed by atoms with Gasteiger partial charge in [-0.15, -0.1) is 0 Å². The van der Waals surface area contributed by atoms with Gasteiger partial charge in [-0.05, 0) is 110 Å². The summed E-state index contributed by atoms with van der Waals surface area (Å²) in [6.07, 6.45) is 0. The number of aromatic amines is 2. The smallest absolute Gasteiger partial charge is 0.255 e. The van der Waals surface area contributed by atoms with Crippen LogP contribution in [0.1, 0.15) is 26.3 Å². The standard InChI is InChI=1S/C21H14Cl2FN3O.C20H11Cl4N3O/c1-11-9-13(6-7-16(11)24)25-21(28)12-5-8-17-18(10-12)27-20(26-17)19-14(22)3-2-4-15(19)23;21-12-6-5-11(9-15(12)24)25-20(28)10-4-7-16-17(8-10)27-19(26-16)18-13(22)2-1-3-14(18)23/h2-10H,1H3,(H,25,28)(H,26,27);1-9H,(H,25,28)(H,26,27). The van der Waals surface area contributed by atoms with Crippen LogP contribution in [-0.2, 0) is 0 Å². The number of aromatic nitrogens is 4.